The molecule has 0 N–H and O–H groups in total. The third-order valence-corrected chi connectivity index (χ3v) is 2.03. The van der Waals surface area contributed by atoms with Gasteiger partial charge in [-0.2, -0.15) is 0 Å². The molecule has 0 aliphatic carbocycles. The summed E-state index contributed by atoms with van der Waals surface area (Å²) >= 11 is 0. The van der Waals surface area contributed by atoms with Crippen LogP contribution in [0, 0.1) is 0 Å². The van der Waals surface area contributed by atoms with Crippen LogP contribution in [0.2, 0.25) is 0 Å². The molecule has 0 saturated heterocycles. The first-order valence-electron chi connectivity index (χ1n) is 4.38. The Morgan fingerprint density at radius 2 is 2.00 bits per heavy atom. The van der Waals surface area contributed by atoms with E-state index >= 15 is 0 Å². The Kier molecular flexibility index (Phi) is 2.09. The molecular formula is C12H11N. The van der Waals surface area contributed by atoms with Crippen LogP contribution in [-0.4, -0.2) is 4.98 Å². The first-order valence-corrected chi connectivity index (χ1v) is 4.38. The predicted molar refractivity (Wildman–Crippen MR) is 56.5 cm³/mol. The van der Waals surface area contributed by atoms with Gasteiger partial charge in [0.25, 0.3) is 0 Å². The third-order valence-electron chi connectivity index (χ3n) is 2.03. The highest BCUT2D eigenvalue weighted by molar-refractivity contribution is 5.88. The SMILES string of the molecule is CC=Cc1nccc2ccccc12. The molecule has 2 rings (SSSR count). The van der Waals surface area contributed by atoms with Gasteiger partial charge in [0.1, 0.15) is 0 Å². The topological polar surface area (TPSA) is 12.9 Å². The molecule has 0 saturated carbocycles. The quantitative estimate of drug-likeness (QED) is 0.638. The van der Waals surface area contributed by atoms with Gasteiger partial charge in [-0.3, -0.25) is 4.98 Å². The molecule has 2 aromatic rings. The monoisotopic (exact) mass is 169 g/mol. The van der Waals surface area contributed by atoms with E-state index in [1.807, 2.05) is 43.5 Å². The highest BCUT2D eigenvalue weighted by atomic mass is 14.7. The largest absolute Gasteiger partial charge is 0.256 e. The number of fused-ring (bicyclic) bond motifs is 1. The number of rotatable bonds is 1. The van der Waals surface area contributed by atoms with Gasteiger partial charge in [0, 0.05) is 11.6 Å². The maximum absolute atomic E-state index is 4.31. The fourth-order valence-corrected chi connectivity index (χ4v) is 1.43. The maximum atomic E-state index is 4.31. The van der Waals surface area contributed by atoms with E-state index in [-0.39, 0.29) is 0 Å². The van der Waals surface area contributed by atoms with Gasteiger partial charge in [-0.15, -0.1) is 0 Å². The third kappa shape index (κ3) is 1.45. The lowest BCUT2D eigenvalue weighted by atomic mass is 10.1. The van der Waals surface area contributed by atoms with Gasteiger partial charge in [-0.25, -0.2) is 0 Å². The lowest BCUT2D eigenvalue weighted by molar-refractivity contribution is 1.33. The molecule has 0 radical (unpaired) electrons. The summed E-state index contributed by atoms with van der Waals surface area (Å²) in [6.07, 6.45) is 5.88. The van der Waals surface area contributed by atoms with Gasteiger partial charge in [-0.05, 0) is 24.5 Å². The number of benzene rings is 1. The molecule has 1 heterocycles. The normalized spacial score (nSPS) is 11.2. The molecule has 0 fully saturated rings. The first kappa shape index (κ1) is 7.99. The zero-order valence-corrected chi connectivity index (χ0v) is 7.57. The molecule has 0 spiro atoms. The van der Waals surface area contributed by atoms with Crippen molar-refractivity contribution in [1.29, 1.82) is 0 Å². The van der Waals surface area contributed by atoms with E-state index in [0.717, 1.165) is 5.69 Å². The molecule has 64 valence electrons. The van der Waals surface area contributed by atoms with E-state index in [9.17, 15) is 0 Å². The minimum atomic E-state index is 1.04. The standard InChI is InChI=1S/C12H11N/c1-2-5-12-11-7-4-3-6-10(11)8-9-13-12/h2-9H,1H3. The summed E-state index contributed by atoms with van der Waals surface area (Å²) in [4.78, 5) is 4.31. The maximum Gasteiger partial charge on any atom is 0.0704 e. The highest BCUT2D eigenvalue weighted by Gasteiger charge is 1.95. The number of hydrogen-bond donors (Lipinski definition) is 0. The lowest BCUT2D eigenvalue weighted by Crippen LogP contribution is -1.82. The van der Waals surface area contributed by atoms with Crippen LogP contribution in [0.1, 0.15) is 12.6 Å². The molecule has 1 nitrogen and oxygen atoms in total. The molecule has 1 aromatic heterocycles. The summed E-state index contributed by atoms with van der Waals surface area (Å²) in [6, 6.07) is 10.3. The van der Waals surface area contributed by atoms with Gasteiger partial charge >= 0.3 is 0 Å². The molecule has 0 amide bonds. The molecule has 0 atom stereocenters. The summed E-state index contributed by atoms with van der Waals surface area (Å²) in [5.74, 6) is 0. The second-order valence-electron chi connectivity index (χ2n) is 2.92. The fraction of sp³-hybridized carbons (Fsp3) is 0.0833. The van der Waals surface area contributed by atoms with Crippen molar-refractivity contribution in [3.63, 3.8) is 0 Å². The van der Waals surface area contributed by atoms with Crippen LogP contribution in [0.15, 0.2) is 42.6 Å². The number of nitrogens with zero attached hydrogens (tertiary/aromatic N) is 1. The molecule has 1 aromatic carbocycles. The summed E-state index contributed by atoms with van der Waals surface area (Å²) in [5.41, 5.74) is 1.04. The number of pyridine rings is 1. The van der Waals surface area contributed by atoms with Gasteiger partial charge < -0.3 is 0 Å². The second-order valence-corrected chi connectivity index (χ2v) is 2.92. The van der Waals surface area contributed by atoms with Crippen LogP contribution in [0.3, 0.4) is 0 Å². The summed E-state index contributed by atoms with van der Waals surface area (Å²) in [6.45, 7) is 2.00. The first-order chi connectivity index (χ1) is 6.42. The zero-order chi connectivity index (χ0) is 9.10. The average Bonchev–Trinajstić information content (AvgIpc) is 2.19. The Morgan fingerprint density at radius 3 is 2.85 bits per heavy atom. The second kappa shape index (κ2) is 3.40. The Labute approximate surface area is 77.7 Å². The van der Waals surface area contributed by atoms with E-state index < -0.39 is 0 Å². The minimum Gasteiger partial charge on any atom is -0.256 e. The molecule has 0 unspecified atom stereocenters. The van der Waals surface area contributed by atoms with Crippen molar-refractivity contribution in [2.24, 2.45) is 0 Å². The molecule has 0 aliphatic rings. The zero-order valence-electron chi connectivity index (χ0n) is 7.57. The fourth-order valence-electron chi connectivity index (χ4n) is 1.43. The molecular weight excluding hydrogens is 158 g/mol. The van der Waals surface area contributed by atoms with Crippen molar-refractivity contribution in [3.05, 3.63) is 48.3 Å². The van der Waals surface area contributed by atoms with Crippen molar-refractivity contribution in [2.75, 3.05) is 0 Å². The smallest absolute Gasteiger partial charge is 0.0704 e. The van der Waals surface area contributed by atoms with Gasteiger partial charge in [0.2, 0.25) is 0 Å². The predicted octanol–water partition coefficient (Wildman–Crippen LogP) is 3.27. The van der Waals surface area contributed by atoms with Crippen molar-refractivity contribution in [2.45, 2.75) is 6.92 Å². The molecule has 1 heteroatoms. The van der Waals surface area contributed by atoms with Crippen LogP contribution in [-0.2, 0) is 0 Å². The Hall–Kier alpha value is -1.63. The highest BCUT2D eigenvalue weighted by Crippen LogP contribution is 2.16. The van der Waals surface area contributed by atoms with Crippen LogP contribution in [0.4, 0.5) is 0 Å². The van der Waals surface area contributed by atoms with E-state index in [2.05, 4.69) is 17.1 Å². The van der Waals surface area contributed by atoms with Crippen LogP contribution >= 0.6 is 0 Å². The van der Waals surface area contributed by atoms with E-state index in [1.54, 1.807) is 0 Å². The minimum absolute atomic E-state index is 1.04. The number of hydrogen-bond acceptors (Lipinski definition) is 1. The molecule has 13 heavy (non-hydrogen) atoms. The summed E-state index contributed by atoms with van der Waals surface area (Å²) < 4.78 is 0. The van der Waals surface area contributed by atoms with Crippen molar-refractivity contribution < 1.29 is 0 Å². The van der Waals surface area contributed by atoms with Crippen LogP contribution < -0.4 is 0 Å². The van der Waals surface area contributed by atoms with Crippen molar-refractivity contribution >= 4 is 16.8 Å². The van der Waals surface area contributed by atoms with E-state index in [4.69, 9.17) is 0 Å². The van der Waals surface area contributed by atoms with Crippen molar-refractivity contribution in [3.8, 4) is 0 Å². The van der Waals surface area contributed by atoms with Crippen molar-refractivity contribution in [1.82, 2.24) is 4.98 Å². The lowest BCUT2D eigenvalue weighted by Gasteiger charge is -1.99. The summed E-state index contributed by atoms with van der Waals surface area (Å²) in [7, 11) is 0. The number of aromatic nitrogens is 1. The Bertz CT molecular complexity index is 438. The van der Waals surface area contributed by atoms with E-state index in [0.29, 0.717) is 0 Å². The molecule has 0 bridgehead atoms. The Morgan fingerprint density at radius 1 is 1.15 bits per heavy atom. The Balaban J connectivity index is 2.75. The average molecular weight is 169 g/mol. The number of allylic oxidation sites excluding steroid dienone is 1. The van der Waals surface area contributed by atoms with Crippen LogP contribution in [0.5, 0.6) is 0 Å². The van der Waals surface area contributed by atoms with Gasteiger partial charge in [-0.1, -0.05) is 30.3 Å². The molecule has 0 aliphatic heterocycles. The summed E-state index contributed by atoms with van der Waals surface area (Å²) in [5, 5.41) is 2.45. The van der Waals surface area contributed by atoms with Gasteiger partial charge in [0.15, 0.2) is 0 Å². The van der Waals surface area contributed by atoms with Gasteiger partial charge in [0.05, 0.1) is 5.69 Å². The van der Waals surface area contributed by atoms with E-state index in [1.165, 1.54) is 10.8 Å². The van der Waals surface area contributed by atoms with Crippen LogP contribution in [0.25, 0.3) is 16.8 Å².